The van der Waals surface area contributed by atoms with Gasteiger partial charge in [0.05, 0.1) is 12.7 Å². The lowest BCUT2D eigenvalue weighted by molar-refractivity contribution is 0.0982. The zero-order valence-corrected chi connectivity index (χ0v) is 7.38. The van der Waals surface area contributed by atoms with Crippen molar-refractivity contribution in [2.75, 3.05) is 0 Å². The molecule has 4 nitrogen and oxygen atoms in total. The lowest BCUT2D eigenvalue weighted by atomic mass is 10.2. The number of rotatable bonds is 3. The number of carbonyl (C=O) groups excluding carboxylic acids is 1. The molecule has 2 rings (SSSR count). The van der Waals surface area contributed by atoms with Crippen LogP contribution in [0.15, 0.2) is 41.4 Å². The van der Waals surface area contributed by atoms with Gasteiger partial charge in [-0.2, -0.15) is 0 Å². The van der Waals surface area contributed by atoms with Gasteiger partial charge in [0.1, 0.15) is 17.8 Å². The Morgan fingerprint density at radius 3 is 3.00 bits per heavy atom. The Bertz CT molecular complexity index is 409. The lowest BCUT2D eigenvalue weighted by Crippen LogP contribution is -2.05. The Morgan fingerprint density at radius 1 is 1.43 bits per heavy atom. The SMILES string of the molecule is O=C(Cc1ccco1)c1ccncn1. The zero-order chi connectivity index (χ0) is 9.80. The van der Waals surface area contributed by atoms with Crippen molar-refractivity contribution in [1.29, 1.82) is 0 Å². The van der Waals surface area contributed by atoms with Crippen LogP contribution < -0.4 is 0 Å². The fraction of sp³-hybridized carbons (Fsp3) is 0.100. The topological polar surface area (TPSA) is 56.0 Å². The molecule has 14 heavy (non-hydrogen) atoms. The van der Waals surface area contributed by atoms with Crippen LogP contribution in [0, 0.1) is 0 Å². The molecule has 4 heteroatoms. The van der Waals surface area contributed by atoms with Crippen LogP contribution >= 0.6 is 0 Å². The molecule has 2 aromatic heterocycles. The molecule has 0 fully saturated rings. The van der Waals surface area contributed by atoms with E-state index < -0.39 is 0 Å². The van der Waals surface area contributed by atoms with Gasteiger partial charge >= 0.3 is 0 Å². The molecule has 0 N–H and O–H groups in total. The summed E-state index contributed by atoms with van der Waals surface area (Å²) in [6.45, 7) is 0. The molecule has 0 saturated carbocycles. The summed E-state index contributed by atoms with van der Waals surface area (Å²) in [6, 6.07) is 5.10. The van der Waals surface area contributed by atoms with Gasteiger partial charge in [0, 0.05) is 6.20 Å². The van der Waals surface area contributed by atoms with Crippen LogP contribution in [-0.4, -0.2) is 15.8 Å². The normalized spacial score (nSPS) is 10.0. The van der Waals surface area contributed by atoms with Gasteiger partial charge in [-0.25, -0.2) is 9.97 Å². The third-order valence-electron chi connectivity index (χ3n) is 1.78. The highest BCUT2D eigenvalue weighted by Gasteiger charge is 2.09. The van der Waals surface area contributed by atoms with Gasteiger partial charge in [-0.05, 0) is 18.2 Å². The molecule has 70 valence electrons. The third-order valence-corrected chi connectivity index (χ3v) is 1.78. The first-order chi connectivity index (χ1) is 6.86. The van der Waals surface area contributed by atoms with Crippen molar-refractivity contribution in [2.45, 2.75) is 6.42 Å². The number of aromatic nitrogens is 2. The standard InChI is InChI=1S/C10H8N2O2/c13-10(6-8-2-1-5-14-8)9-3-4-11-7-12-9/h1-5,7H,6H2. The lowest BCUT2D eigenvalue weighted by Gasteiger charge is -1.95. The Labute approximate surface area is 80.6 Å². The number of nitrogens with zero attached hydrogens (tertiary/aromatic N) is 2. The van der Waals surface area contributed by atoms with Crippen LogP contribution in [0.4, 0.5) is 0 Å². The maximum absolute atomic E-state index is 11.6. The zero-order valence-electron chi connectivity index (χ0n) is 7.38. The fourth-order valence-corrected chi connectivity index (χ4v) is 1.12. The van der Waals surface area contributed by atoms with Crippen molar-refractivity contribution in [3.8, 4) is 0 Å². The maximum atomic E-state index is 11.6. The van der Waals surface area contributed by atoms with Crippen molar-refractivity contribution in [3.05, 3.63) is 48.4 Å². The van der Waals surface area contributed by atoms with Gasteiger partial charge in [-0.3, -0.25) is 4.79 Å². The molecule has 0 aromatic carbocycles. The summed E-state index contributed by atoms with van der Waals surface area (Å²) in [5.74, 6) is 0.580. The molecule has 0 spiro atoms. The van der Waals surface area contributed by atoms with E-state index in [1.54, 1.807) is 30.7 Å². The van der Waals surface area contributed by atoms with Gasteiger partial charge in [-0.1, -0.05) is 0 Å². The Balaban J connectivity index is 2.11. The molecule has 0 radical (unpaired) electrons. The fourth-order valence-electron chi connectivity index (χ4n) is 1.12. The minimum absolute atomic E-state index is 0.0673. The van der Waals surface area contributed by atoms with E-state index in [-0.39, 0.29) is 12.2 Å². The summed E-state index contributed by atoms with van der Waals surface area (Å²) < 4.78 is 5.06. The second kappa shape index (κ2) is 3.83. The number of ketones is 1. The van der Waals surface area contributed by atoms with Crippen LogP contribution in [0.5, 0.6) is 0 Å². The molecular weight excluding hydrogens is 180 g/mol. The van der Waals surface area contributed by atoms with Crippen LogP contribution in [0.1, 0.15) is 16.2 Å². The summed E-state index contributed by atoms with van der Waals surface area (Å²) in [7, 11) is 0. The molecule has 0 aliphatic rings. The molecule has 0 atom stereocenters. The number of Topliss-reactive ketones (excluding diaryl/α,β-unsaturated/α-hetero) is 1. The van der Waals surface area contributed by atoms with Crippen LogP contribution in [-0.2, 0) is 6.42 Å². The van der Waals surface area contributed by atoms with Gasteiger partial charge in [-0.15, -0.1) is 0 Å². The Morgan fingerprint density at radius 2 is 2.36 bits per heavy atom. The highest BCUT2D eigenvalue weighted by Crippen LogP contribution is 2.05. The predicted octanol–water partition coefficient (Wildman–Crippen LogP) is 1.49. The van der Waals surface area contributed by atoms with Crippen molar-refractivity contribution in [2.24, 2.45) is 0 Å². The first-order valence-electron chi connectivity index (χ1n) is 4.18. The van der Waals surface area contributed by atoms with E-state index in [2.05, 4.69) is 9.97 Å². The smallest absolute Gasteiger partial charge is 0.188 e. The van der Waals surface area contributed by atoms with E-state index >= 15 is 0 Å². The van der Waals surface area contributed by atoms with Gasteiger partial charge in [0.15, 0.2) is 5.78 Å². The molecule has 0 aliphatic carbocycles. The van der Waals surface area contributed by atoms with E-state index in [0.29, 0.717) is 11.5 Å². The van der Waals surface area contributed by atoms with E-state index in [1.807, 2.05) is 0 Å². The first kappa shape index (κ1) is 8.62. The van der Waals surface area contributed by atoms with Crippen LogP contribution in [0.3, 0.4) is 0 Å². The average Bonchev–Trinajstić information content (AvgIpc) is 2.72. The Kier molecular flexibility index (Phi) is 2.36. The number of hydrogen-bond acceptors (Lipinski definition) is 4. The molecule has 0 aliphatic heterocycles. The minimum atomic E-state index is -0.0673. The quantitative estimate of drug-likeness (QED) is 0.685. The van der Waals surface area contributed by atoms with E-state index in [4.69, 9.17) is 4.42 Å². The van der Waals surface area contributed by atoms with Crippen LogP contribution in [0.25, 0.3) is 0 Å². The Hall–Kier alpha value is -1.97. The van der Waals surface area contributed by atoms with Gasteiger partial charge < -0.3 is 4.42 Å². The average molecular weight is 188 g/mol. The second-order valence-corrected chi connectivity index (χ2v) is 2.77. The van der Waals surface area contributed by atoms with Crippen molar-refractivity contribution >= 4 is 5.78 Å². The minimum Gasteiger partial charge on any atom is -0.469 e. The van der Waals surface area contributed by atoms with E-state index in [1.165, 1.54) is 6.33 Å². The maximum Gasteiger partial charge on any atom is 0.188 e. The molecule has 2 heterocycles. The number of carbonyl (C=O) groups is 1. The summed E-state index contributed by atoms with van der Waals surface area (Å²) in [5.41, 5.74) is 0.413. The molecule has 0 unspecified atom stereocenters. The molecule has 0 amide bonds. The highest BCUT2D eigenvalue weighted by molar-refractivity contribution is 5.95. The van der Waals surface area contributed by atoms with Crippen LogP contribution in [0.2, 0.25) is 0 Å². The summed E-state index contributed by atoms with van der Waals surface area (Å²) in [5, 5.41) is 0. The van der Waals surface area contributed by atoms with E-state index in [0.717, 1.165) is 0 Å². The largest absolute Gasteiger partial charge is 0.469 e. The van der Waals surface area contributed by atoms with Crippen molar-refractivity contribution in [1.82, 2.24) is 9.97 Å². The van der Waals surface area contributed by atoms with Gasteiger partial charge in [0.25, 0.3) is 0 Å². The summed E-state index contributed by atoms with van der Waals surface area (Å²) >= 11 is 0. The van der Waals surface area contributed by atoms with Gasteiger partial charge in [0.2, 0.25) is 0 Å². The monoisotopic (exact) mass is 188 g/mol. The summed E-state index contributed by atoms with van der Waals surface area (Å²) in [6.07, 6.45) is 4.68. The molecule has 0 saturated heterocycles. The summed E-state index contributed by atoms with van der Waals surface area (Å²) in [4.78, 5) is 19.2. The highest BCUT2D eigenvalue weighted by atomic mass is 16.3. The van der Waals surface area contributed by atoms with E-state index in [9.17, 15) is 4.79 Å². The first-order valence-corrected chi connectivity index (χ1v) is 4.18. The second-order valence-electron chi connectivity index (χ2n) is 2.77. The third kappa shape index (κ3) is 1.85. The molecular formula is C10H8N2O2. The number of hydrogen-bond donors (Lipinski definition) is 0. The molecule has 2 aromatic rings. The van der Waals surface area contributed by atoms with Crippen molar-refractivity contribution < 1.29 is 9.21 Å². The van der Waals surface area contributed by atoms with Crippen molar-refractivity contribution in [3.63, 3.8) is 0 Å². The predicted molar refractivity (Wildman–Crippen MR) is 48.8 cm³/mol. The number of furan rings is 1. The molecule has 0 bridgehead atoms.